The Hall–Kier alpha value is -2.54. The quantitative estimate of drug-likeness (QED) is 0.835. The van der Waals surface area contributed by atoms with Crippen LogP contribution < -0.4 is 4.74 Å². The van der Waals surface area contributed by atoms with Gasteiger partial charge in [-0.3, -0.25) is 9.78 Å². The summed E-state index contributed by atoms with van der Waals surface area (Å²) in [4.78, 5) is 18.5. The van der Waals surface area contributed by atoms with Gasteiger partial charge in [0, 0.05) is 19.3 Å². The van der Waals surface area contributed by atoms with Crippen LogP contribution in [0.3, 0.4) is 0 Å². The zero-order chi connectivity index (χ0) is 17.8. The second kappa shape index (κ2) is 7.37. The van der Waals surface area contributed by atoms with Crippen LogP contribution in [0.4, 0.5) is 0 Å². The lowest BCUT2D eigenvalue weighted by atomic mass is 9.76. The first-order chi connectivity index (χ1) is 12.7. The molecule has 7 nitrogen and oxygen atoms in total. The summed E-state index contributed by atoms with van der Waals surface area (Å²) in [6.45, 7) is 2.78. The second-order valence-electron chi connectivity index (χ2n) is 7.06. The molecule has 2 aromatic heterocycles. The highest BCUT2D eigenvalue weighted by Gasteiger charge is 2.43. The van der Waals surface area contributed by atoms with Crippen LogP contribution in [0, 0.1) is 5.41 Å². The highest BCUT2D eigenvalue weighted by atomic mass is 16.5. The molecule has 1 spiro atoms. The van der Waals surface area contributed by atoms with Crippen LogP contribution in [0.25, 0.3) is 0 Å². The van der Waals surface area contributed by atoms with Crippen LogP contribution in [0.5, 0.6) is 5.75 Å². The van der Waals surface area contributed by atoms with Crippen molar-refractivity contribution in [3.63, 3.8) is 0 Å². The fourth-order valence-corrected chi connectivity index (χ4v) is 3.76. The molecule has 0 N–H and O–H groups in total. The van der Waals surface area contributed by atoms with E-state index in [0.29, 0.717) is 12.2 Å². The second-order valence-corrected chi connectivity index (χ2v) is 7.06. The third-order valence-corrected chi connectivity index (χ3v) is 5.30. The van der Waals surface area contributed by atoms with Gasteiger partial charge in [-0.25, -0.2) is 0 Å². The van der Waals surface area contributed by atoms with Crippen molar-refractivity contribution < 1.29 is 14.3 Å². The number of aromatic nitrogens is 3. The molecule has 0 bridgehead atoms. The van der Waals surface area contributed by atoms with Crippen molar-refractivity contribution >= 4 is 5.91 Å². The minimum atomic E-state index is 0.0325. The SMILES string of the molecule is O=C(c1ccnnc1)N1CCC2(CC1)COC(COc1cccnc1)C2. The molecule has 2 aliphatic rings. The average molecular weight is 354 g/mol. The molecule has 4 heterocycles. The predicted octanol–water partition coefficient (Wildman–Crippen LogP) is 1.96. The van der Waals surface area contributed by atoms with Crippen LogP contribution in [0.2, 0.25) is 0 Å². The number of pyridine rings is 1. The summed E-state index contributed by atoms with van der Waals surface area (Å²) in [5.74, 6) is 0.800. The number of piperidine rings is 1. The lowest BCUT2D eigenvalue weighted by Gasteiger charge is -2.38. The first kappa shape index (κ1) is 16.9. The first-order valence-corrected chi connectivity index (χ1v) is 8.95. The molecular formula is C19H22N4O3. The minimum absolute atomic E-state index is 0.0325. The summed E-state index contributed by atoms with van der Waals surface area (Å²) in [5.41, 5.74) is 0.761. The lowest BCUT2D eigenvalue weighted by Crippen LogP contribution is -2.43. The van der Waals surface area contributed by atoms with Gasteiger partial charge in [0.25, 0.3) is 5.91 Å². The van der Waals surface area contributed by atoms with Crippen LogP contribution >= 0.6 is 0 Å². The predicted molar refractivity (Wildman–Crippen MR) is 93.7 cm³/mol. The molecule has 2 saturated heterocycles. The van der Waals surface area contributed by atoms with E-state index in [9.17, 15) is 4.79 Å². The Balaban J connectivity index is 1.28. The molecule has 26 heavy (non-hydrogen) atoms. The monoisotopic (exact) mass is 354 g/mol. The van der Waals surface area contributed by atoms with Crippen LogP contribution in [-0.2, 0) is 4.74 Å². The molecule has 2 aliphatic heterocycles. The number of likely N-dealkylation sites (tertiary alicyclic amines) is 1. The molecule has 2 aromatic rings. The summed E-state index contributed by atoms with van der Waals surface area (Å²) >= 11 is 0. The minimum Gasteiger partial charge on any atom is -0.489 e. The Labute approximate surface area is 152 Å². The van der Waals surface area contributed by atoms with E-state index in [1.54, 1.807) is 24.7 Å². The largest absolute Gasteiger partial charge is 0.489 e. The van der Waals surface area contributed by atoms with E-state index >= 15 is 0 Å². The fraction of sp³-hybridized carbons (Fsp3) is 0.474. The summed E-state index contributed by atoms with van der Waals surface area (Å²) < 4.78 is 11.8. The molecule has 0 aromatic carbocycles. The molecule has 0 radical (unpaired) electrons. The van der Waals surface area contributed by atoms with Crippen LogP contribution in [0.1, 0.15) is 29.6 Å². The van der Waals surface area contributed by atoms with Crippen LogP contribution in [0.15, 0.2) is 43.0 Å². The average Bonchev–Trinajstić information content (AvgIpc) is 3.10. The summed E-state index contributed by atoms with van der Waals surface area (Å²) in [7, 11) is 0. The van der Waals surface area contributed by atoms with Gasteiger partial charge >= 0.3 is 0 Å². The van der Waals surface area contributed by atoms with Crippen molar-refractivity contribution in [1.29, 1.82) is 0 Å². The third-order valence-electron chi connectivity index (χ3n) is 5.30. The molecule has 1 amide bonds. The molecule has 1 unspecified atom stereocenters. The normalized spacial score (nSPS) is 21.7. The van der Waals surface area contributed by atoms with Gasteiger partial charge in [0.05, 0.1) is 36.9 Å². The standard InChI is InChI=1S/C19H22N4O3/c24-18(15-3-7-21-22-11-15)23-8-4-19(5-9-23)10-17(26-14-19)13-25-16-2-1-6-20-12-16/h1-3,6-7,11-12,17H,4-5,8-10,13-14H2. The van der Waals surface area contributed by atoms with E-state index in [1.165, 1.54) is 6.20 Å². The number of ether oxygens (including phenoxy) is 2. The first-order valence-electron chi connectivity index (χ1n) is 8.95. The Morgan fingerprint density at radius 1 is 1.23 bits per heavy atom. The van der Waals surface area contributed by atoms with Gasteiger partial charge in [-0.15, -0.1) is 0 Å². The van der Waals surface area contributed by atoms with E-state index in [2.05, 4.69) is 15.2 Å². The highest BCUT2D eigenvalue weighted by molar-refractivity contribution is 5.93. The molecule has 0 saturated carbocycles. The number of carbonyl (C=O) groups excluding carboxylic acids is 1. The summed E-state index contributed by atoms with van der Waals surface area (Å²) in [6.07, 6.45) is 9.51. The number of nitrogens with zero attached hydrogens (tertiary/aromatic N) is 4. The zero-order valence-electron chi connectivity index (χ0n) is 14.6. The molecule has 4 rings (SSSR count). The van der Waals surface area contributed by atoms with Crippen LogP contribution in [-0.4, -0.2) is 58.4 Å². The highest BCUT2D eigenvalue weighted by Crippen LogP contribution is 2.42. The number of carbonyl (C=O) groups is 1. The number of hydrogen-bond donors (Lipinski definition) is 0. The third kappa shape index (κ3) is 3.67. The molecular weight excluding hydrogens is 332 g/mol. The Morgan fingerprint density at radius 3 is 2.85 bits per heavy atom. The maximum Gasteiger partial charge on any atom is 0.255 e. The van der Waals surface area contributed by atoms with Gasteiger partial charge in [0.1, 0.15) is 12.4 Å². The van der Waals surface area contributed by atoms with E-state index in [4.69, 9.17) is 9.47 Å². The van der Waals surface area contributed by atoms with E-state index in [0.717, 1.165) is 44.7 Å². The smallest absolute Gasteiger partial charge is 0.255 e. The number of hydrogen-bond acceptors (Lipinski definition) is 6. The van der Waals surface area contributed by atoms with Gasteiger partial charge in [0.15, 0.2) is 0 Å². The molecule has 7 heteroatoms. The van der Waals surface area contributed by atoms with Crippen molar-refractivity contribution in [2.45, 2.75) is 25.4 Å². The topological polar surface area (TPSA) is 77.4 Å². The Bertz CT molecular complexity index is 733. The van der Waals surface area contributed by atoms with E-state index < -0.39 is 0 Å². The van der Waals surface area contributed by atoms with Gasteiger partial charge in [0.2, 0.25) is 0 Å². The molecule has 2 fully saturated rings. The Morgan fingerprint density at radius 2 is 2.12 bits per heavy atom. The van der Waals surface area contributed by atoms with Crippen molar-refractivity contribution in [1.82, 2.24) is 20.1 Å². The fourth-order valence-electron chi connectivity index (χ4n) is 3.76. The Kier molecular flexibility index (Phi) is 4.79. The van der Waals surface area contributed by atoms with E-state index in [1.807, 2.05) is 17.0 Å². The summed E-state index contributed by atoms with van der Waals surface area (Å²) in [5, 5.41) is 7.52. The van der Waals surface area contributed by atoms with Crippen molar-refractivity contribution in [2.75, 3.05) is 26.3 Å². The molecule has 1 atom stereocenters. The maximum absolute atomic E-state index is 12.5. The lowest BCUT2D eigenvalue weighted by molar-refractivity contribution is 0.0427. The maximum atomic E-state index is 12.5. The van der Waals surface area contributed by atoms with E-state index in [-0.39, 0.29) is 17.4 Å². The van der Waals surface area contributed by atoms with Gasteiger partial charge in [-0.05, 0) is 42.9 Å². The zero-order valence-corrected chi connectivity index (χ0v) is 14.6. The van der Waals surface area contributed by atoms with Crippen molar-refractivity contribution in [2.24, 2.45) is 5.41 Å². The summed E-state index contributed by atoms with van der Waals surface area (Å²) in [6, 6.07) is 5.47. The number of amides is 1. The molecule has 136 valence electrons. The van der Waals surface area contributed by atoms with Crippen molar-refractivity contribution in [3.05, 3.63) is 48.5 Å². The molecule has 0 aliphatic carbocycles. The van der Waals surface area contributed by atoms with Crippen molar-refractivity contribution in [3.8, 4) is 5.75 Å². The van der Waals surface area contributed by atoms with Gasteiger partial charge < -0.3 is 14.4 Å². The van der Waals surface area contributed by atoms with Gasteiger partial charge in [-0.1, -0.05) is 0 Å². The number of rotatable bonds is 4. The van der Waals surface area contributed by atoms with Gasteiger partial charge in [-0.2, -0.15) is 10.2 Å².